The van der Waals surface area contributed by atoms with E-state index in [4.69, 9.17) is 5.26 Å². The summed E-state index contributed by atoms with van der Waals surface area (Å²) in [6.07, 6.45) is 2.70. The number of nitriles is 1. The van der Waals surface area contributed by atoms with Gasteiger partial charge >= 0.3 is 0 Å². The average Bonchev–Trinajstić information content (AvgIpc) is 2.83. The molecule has 3 heteroatoms. The number of anilines is 1. The van der Waals surface area contributed by atoms with Crippen LogP contribution in [-0.4, -0.2) is 12.6 Å². The maximum Gasteiger partial charge on any atom is 0.0638 e. The van der Waals surface area contributed by atoms with Crippen LogP contribution in [0.4, 0.5) is 5.69 Å². The molecule has 0 radical (unpaired) electrons. The minimum atomic E-state index is 0.303. The minimum Gasteiger partial charge on any atom is -0.384 e. The molecule has 0 amide bonds. The molecule has 0 saturated heterocycles. The van der Waals surface area contributed by atoms with Crippen LogP contribution in [0.25, 0.3) is 0 Å². The van der Waals surface area contributed by atoms with Crippen LogP contribution in [0, 0.1) is 11.3 Å². The van der Waals surface area contributed by atoms with Crippen molar-refractivity contribution in [2.45, 2.75) is 38.8 Å². The van der Waals surface area contributed by atoms with E-state index in [0.29, 0.717) is 12.5 Å². The summed E-state index contributed by atoms with van der Waals surface area (Å²) in [5, 5.41) is 15.6. The van der Waals surface area contributed by atoms with Gasteiger partial charge in [0.25, 0.3) is 0 Å². The molecule has 2 rings (SSSR count). The predicted molar refractivity (Wildman–Crippen MR) is 69.8 cm³/mol. The Morgan fingerprint density at radius 2 is 2.41 bits per heavy atom. The number of rotatable bonds is 5. The Morgan fingerprint density at radius 1 is 1.53 bits per heavy atom. The molecule has 1 unspecified atom stereocenters. The molecule has 2 N–H and O–H groups in total. The number of nitrogens with one attached hydrogen (secondary N) is 2. The van der Waals surface area contributed by atoms with E-state index in [0.717, 1.165) is 25.9 Å². The molecule has 0 fully saturated rings. The van der Waals surface area contributed by atoms with Crippen molar-refractivity contribution in [3.63, 3.8) is 0 Å². The van der Waals surface area contributed by atoms with Crippen LogP contribution in [0.1, 0.15) is 30.9 Å². The number of hydrogen-bond donors (Lipinski definition) is 2. The summed E-state index contributed by atoms with van der Waals surface area (Å²) < 4.78 is 0. The fourth-order valence-corrected chi connectivity index (χ4v) is 2.28. The quantitative estimate of drug-likeness (QED) is 0.815. The summed E-state index contributed by atoms with van der Waals surface area (Å²) in [5.41, 5.74) is 4.03. The van der Waals surface area contributed by atoms with Crippen LogP contribution >= 0.6 is 0 Å². The van der Waals surface area contributed by atoms with Crippen molar-refractivity contribution < 1.29 is 0 Å². The van der Waals surface area contributed by atoms with Gasteiger partial charge < -0.3 is 10.6 Å². The summed E-state index contributed by atoms with van der Waals surface area (Å²) >= 11 is 0. The fraction of sp³-hybridized carbons (Fsp3) is 0.500. The van der Waals surface area contributed by atoms with Gasteiger partial charge in [0.1, 0.15) is 0 Å². The molecule has 0 saturated carbocycles. The molecule has 1 heterocycles. The van der Waals surface area contributed by atoms with Gasteiger partial charge in [-0.15, -0.1) is 0 Å². The lowest BCUT2D eigenvalue weighted by molar-refractivity contribution is 0.505. The van der Waals surface area contributed by atoms with E-state index in [-0.39, 0.29) is 0 Å². The van der Waals surface area contributed by atoms with Crippen LogP contribution in [0.3, 0.4) is 0 Å². The molecular formula is C14H19N3. The van der Waals surface area contributed by atoms with Crippen molar-refractivity contribution in [3.8, 4) is 6.07 Å². The Bertz CT molecular complexity index is 420. The Labute approximate surface area is 103 Å². The third-order valence-electron chi connectivity index (χ3n) is 3.34. The van der Waals surface area contributed by atoms with Crippen molar-refractivity contribution in [2.24, 2.45) is 0 Å². The van der Waals surface area contributed by atoms with Crippen LogP contribution in [0.2, 0.25) is 0 Å². The molecule has 0 aromatic heterocycles. The first-order chi connectivity index (χ1) is 8.35. The fourth-order valence-electron chi connectivity index (χ4n) is 2.28. The molecule has 1 atom stereocenters. The highest BCUT2D eigenvalue weighted by atomic mass is 14.9. The smallest absolute Gasteiger partial charge is 0.0638 e. The third kappa shape index (κ3) is 2.78. The first-order valence-corrected chi connectivity index (χ1v) is 6.30. The first-order valence-electron chi connectivity index (χ1n) is 6.30. The second-order valence-corrected chi connectivity index (χ2v) is 4.48. The minimum absolute atomic E-state index is 0.303. The van der Waals surface area contributed by atoms with Gasteiger partial charge in [0, 0.05) is 24.8 Å². The maximum atomic E-state index is 8.72. The van der Waals surface area contributed by atoms with Crippen molar-refractivity contribution in [1.29, 1.82) is 5.26 Å². The third-order valence-corrected chi connectivity index (χ3v) is 3.34. The number of nitrogens with zero attached hydrogens (tertiary/aromatic N) is 1. The van der Waals surface area contributed by atoms with Crippen LogP contribution < -0.4 is 10.6 Å². The lowest BCUT2D eigenvalue weighted by Crippen LogP contribution is -2.27. The van der Waals surface area contributed by atoms with Gasteiger partial charge in [-0.25, -0.2) is 0 Å². The molecule has 17 heavy (non-hydrogen) atoms. The second-order valence-electron chi connectivity index (χ2n) is 4.48. The highest BCUT2D eigenvalue weighted by molar-refractivity contribution is 5.61. The van der Waals surface area contributed by atoms with Crippen molar-refractivity contribution in [3.05, 3.63) is 29.3 Å². The Hall–Kier alpha value is -1.53. The molecule has 1 aromatic carbocycles. The van der Waals surface area contributed by atoms with Gasteiger partial charge in [-0.1, -0.05) is 25.1 Å². The van der Waals surface area contributed by atoms with E-state index >= 15 is 0 Å². The molecule has 3 nitrogen and oxygen atoms in total. The molecule has 1 aliphatic heterocycles. The normalized spacial score (nSPS) is 14.8. The van der Waals surface area contributed by atoms with E-state index in [1.165, 1.54) is 16.8 Å². The lowest BCUT2D eigenvalue weighted by Gasteiger charge is -2.15. The topological polar surface area (TPSA) is 47.9 Å². The summed E-state index contributed by atoms with van der Waals surface area (Å²) in [6.45, 7) is 4.00. The van der Waals surface area contributed by atoms with E-state index in [1.54, 1.807) is 0 Å². The monoisotopic (exact) mass is 229 g/mol. The van der Waals surface area contributed by atoms with Crippen LogP contribution in [0.5, 0.6) is 0 Å². The van der Waals surface area contributed by atoms with Gasteiger partial charge in [-0.3, -0.25) is 0 Å². The highest BCUT2D eigenvalue weighted by Gasteiger charge is 2.14. The molecule has 90 valence electrons. The average molecular weight is 229 g/mol. The van der Waals surface area contributed by atoms with Crippen LogP contribution in [-0.2, 0) is 13.0 Å². The molecule has 0 aliphatic carbocycles. The maximum absolute atomic E-state index is 8.72. The number of benzene rings is 1. The Kier molecular flexibility index (Phi) is 4.00. The second kappa shape index (κ2) is 5.70. The number of fused-ring (bicyclic) bond motifs is 1. The summed E-state index contributed by atoms with van der Waals surface area (Å²) in [4.78, 5) is 0. The van der Waals surface area contributed by atoms with Crippen molar-refractivity contribution in [2.75, 3.05) is 11.9 Å². The van der Waals surface area contributed by atoms with Gasteiger partial charge in [0.05, 0.1) is 12.5 Å². The number of para-hydroxylation sites is 1. The van der Waals surface area contributed by atoms with Gasteiger partial charge in [0.15, 0.2) is 0 Å². The van der Waals surface area contributed by atoms with Crippen LogP contribution in [0.15, 0.2) is 18.2 Å². The SMILES string of the molecule is CCC(CC#N)NCc1cccc2c1NCC2. The zero-order valence-corrected chi connectivity index (χ0v) is 10.3. The summed E-state index contributed by atoms with van der Waals surface area (Å²) in [6, 6.07) is 8.99. The molecule has 0 bridgehead atoms. The predicted octanol–water partition coefficient (Wildman–Crippen LogP) is 2.44. The molecule has 1 aromatic rings. The first kappa shape index (κ1) is 11.9. The van der Waals surface area contributed by atoms with Crippen molar-refractivity contribution in [1.82, 2.24) is 5.32 Å². The standard InChI is InChI=1S/C14H19N3/c1-2-13(6-8-15)17-10-12-5-3-4-11-7-9-16-14(11)12/h3-5,13,16-17H,2,6-7,9-10H2,1H3. The Balaban J connectivity index is 2.00. The Morgan fingerprint density at radius 3 is 3.18 bits per heavy atom. The summed E-state index contributed by atoms with van der Waals surface area (Å²) in [5.74, 6) is 0. The summed E-state index contributed by atoms with van der Waals surface area (Å²) in [7, 11) is 0. The molecule has 0 spiro atoms. The van der Waals surface area contributed by atoms with Gasteiger partial charge in [-0.2, -0.15) is 5.26 Å². The molecular weight excluding hydrogens is 210 g/mol. The molecule has 1 aliphatic rings. The zero-order chi connectivity index (χ0) is 12.1. The van der Waals surface area contributed by atoms with Gasteiger partial charge in [-0.05, 0) is 24.0 Å². The van der Waals surface area contributed by atoms with E-state index < -0.39 is 0 Å². The lowest BCUT2D eigenvalue weighted by atomic mass is 10.1. The number of hydrogen-bond acceptors (Lipinski definition) is 3. The largest absolute Gasteiger partial charge is 0.384 e. The highest BCUT2D eigenvalue weighted by Crippen LogP contribution is 2.26. The zero-order valence-electron chi connectivity index (χ0n) is 10.3. The van der Waals surface area contributed by atoms with Crippen molar-refractivity contribution >= 4 is 5.69 Å². The van der Waals surface area contributed by atoms with E-state index in [1.807, 2.05) is 0 Å². The van der Waals surface area contributed by atoms with E-state index in [2.05, 4.69) is 41.8 Å². The van der Waals surface area contributed by atoms with Gasteiger partial charge in [0.2, 0.25) is 0 Å². The van der Waals surface area contributed by atoms with E-state index in [9.17, 15) is 0 Å².